The number of nitrogens with one attached hydrogen (secondary N) is 1. The van der Waals surface area contributed by atoms with Gasteiger partial charge in [0.25, 0.3) is 5.91 Å². The number of amides is 1. The second-order valence-corrected chi connectivity index (χ2v) is 7.38. The van der Waals surface area contributed by atoms with Crippen LogP contribution in [0.25, 0.3) is 5.82 Å². The Bertz CT molecular complexity index is 1040. The first-order valence-electron chi connectivity index (χ1n) is 9.88. The van der Waals surface area contributed by atoms with Gasteiger partial charge in [-0.05, 0) is 44.0 Å². The quantitative estimate of drug-likeness (QED) is 0.687. The van der Waals surface area contributed by atoms with E-state index in [2.05, 4.69) is 20.4 Å². The van der Waals surface area contributed by atoms with Gasteiger partial charge in [0.15, 0.2) is 5.82 Å². The fraction of sp³-hybridized carbons (Fsp3) is 0.333. The molecule has 0 spiro atoms. The zero-order valence-corrected chi connectivity index (χ0v) is 16.8. The molecule has 1 aliphatic rings. The third-order valence-electron chi connectivity index (χ3n) is 5.35. The second-order valence-electron chi connectivity index (χ2n) is 7.38. The van der Waals surface area contributed by atoms with Gasteiger partial charge in [-0.25, -0.2) is 14.6 Å². The van der Waals surface area contributed by atoms with E-state index in [4.69, 9.17) is 0 Å². The molecule has 162 valence electrons. The van der Waals surface area contributed by atoms with Crippen molar-refractivity contribution in [2.24, 2.45) is 0 Å². The van der Waals surface area contributed by atoms with Crippen molar-refractivity contribution >= 4 is 11.7 Å². The van der Waals surface area contributed by atoms with Crippen molar-refractivity contribution in [1.29, 1.82) is 0 Å². The second kappa shape index (κ2) is 8.37. The fourth-order valence-electron chi connectivity index (χ4n) is 3.60. The molecular formula is C21H21F3N6O. The molecule has 0 bridgehead atoms. The monoisotopic (exact) mass is 430 g/mol. The Morgan fingerprint density at radius 1 is 1.06 bits per heavy atom. The van der Waals surface area contributed by atoms with Crippen LogP contribution in [0, 0.1) is 6.92 Å². The molecule has 31 heavy (non-hydrogen) atoms. The van der Waals surface area contributed by atoms with Crippen LogP contribution in [0.1, 0.15) is 34.5 Å². The normalized spacial score (nSPS) is 15.2. The number of carbonyl (C=O) groups is 1. The minimum absolute atomic E-state index is 0.0317. The average molecular weight is 430 g/mol. The van der Waals surface area contributed by atoms with Crippen LogP contribution in [0.5, 0.6) is 0 Å². The van der Waals surface area contributed by atoms with Gasteiger partial charge in [-0.15, -0.1) is 0 Å². The van der Waals surface area contributed by atoms with Gasteiger partial charge in [-0.1, -0.05) is 6.07 Å². The summed E-state index contributed by atoms with van der Waals surface area (Å²) in [4.78, 5) is 22.9. The predicted molar refractivity (Wildman–Crippen MR) is 108 cm³/mol. The molecule has 0 atom stereocenters. The highest BCUT2D eigenvalue weighted by Gasteiger charge is 2.31. The molecule has 3 aromatic heterocycles. The van der Waals surface area contributed by atoms with Crippen molar-refractivity contribution < 1.29 is 18.0 Å². The number of anilines is 1. The maximum Gasteiger partial charge on any atom is 0.417 e. The molecule has 0 aromatic carbocycles. The van der Waals surface area contributed by atoms with E-state index in [1.165, 1.54) is 12.3 Å². The molecule has 0 radical (unpaired) electrons. The third kappa shape index (κ3) is 4.52. The number of pyridine rings is 2. The number of piperidine rings is 1. The molecule has 1 saturated heterocycles. The maximum absolute atomic E-state index is 12.7. The number of hydrogen-bond donors (Lipinski definition) is 1. The molecule has 1 fully saturated rings. The molecule has 4 heterocycles. The highest BCUT2D eigenvalue weighted by Crippen LogP contribution is 2.29. The standard InChI is InChI=1S/C21H21F3N6O/c1-14-17(13-27-30(14)19-4-2-3-9-25-19)20(31)28-16-7-10-29(11-8-16)18-6-5-15(12-26-18)21(22,23)24/h2-6,9,12-13,16H,7-8,10-11H2,1H3,(H,28,31). The first-order chi connectivity index (χ1) is 14.8. The Hall–Kier alpha value is -3.43. The van der Waals surface area contributed by atoms with Crippen molar-refractivity contribution in [3.05, 3.63) is 65.7 Å². The first kappa shape index (κ1) is 20.8. The van der Waals surface area contributed by atoms with Crippen LogP contribution in [0.15, 0.2) is 48.9 Å². The van der Waals surface area contributed by atoms with E-state index in [1.54, 1.807) is 10.9 Å². The number of rotatable bonds is 4. The lowest BCUT2D eigenvalue weighted by Crippen LogP contribution is -2.45. The van der Waals surface area contributed by atoms with Crippen LogP contribution in [0.2, 0.25) is 0 Å². The Kier molecular flexibility index (Phi) is 5.62. The van der Waals surface area contributed by atoms with Crippen LogP contribution < -0.4 is 10.2 Å². The molecule has 0 saturated carbocycles. The van der Waals surface area contributed by atoms with Crippen molar-refractivity contribution in [1.82, 2.24) is 25.1 Å². The summed E-state index contributed by atoms with van der Waals surface area (Å²) in [6.45, 7) is 3.00. The van der Waals surface area contributed by atoms with Crippen molar-refractivity contribution in [3.8, 4) is 5.82 Å². The number of nitrogens with zero attached hydrogens (tertiary/aromatic N) is 5. The summed E-state index contributed by atoms with van der Waals surface area (Å²) in [5.41, 5.74) is 0.417. The number of hydrogen-bond acceptors (Lipinski definition) is 5. The maximum atomic E-state index is 12.7. The van der Waals surface area contributed by atoms with Crippen LogP contribution in [-0.2, 0) is 6.18 Å². The van der Waals surface area contributed by atoms with Crippen LogP contribution in [0.4, 0.5) is 19.0 Å². The van der Waals surface area contributed by atoms with E-state index in [1.807, 2.05) is 30.0 Å². The summed E-state index contributed by atoms with van der Waals surface area (Å²) >= 11 is 0. The SMILES string of the molecule is Cc1c(C(=O)NC2CCN(c3ccc(C(F)(F)F)cn3)CC2)cnn1-c1ccccn1. The smallest absolute Gasteiger partial charge is 0.356 e. The van der Waals surface area contributed by atoms with Crippen LogP contribution in [-0.4, -0.2) is 44.8 Å². The minimum Gasteiger partial charge on any atom is -0.356 e. The topological polar surface area (TPSA) is 75.9 Å². The highest BCUT2D eigenvalue weighted by atomic mass is 19.4. The van der Waals surface area contributed by atoms with E-state index < -0.39 is 11.7 Å². The molecule has 1 aliphatic heterocycles. The van der Waals surface area contributed by atoms with E-state index in [0.717, 1.165) is 12.3 Å². The molecular weight excluding hydrogens is 409 g/mol. The Morgan fingerprint density at radius 2 is 1.84 bits per heavy atom. The predicted octanol–water partition coefficient (Wildman–Crippen LogP) is 3.39. The molecule has 4 rings (SSSR count). The third-order valence-corrected chi connectivity index (χ3v) is 5.35. The average Bonchev–Trinajstić information content (AvgIpc) is 3.16. The number of alkyl halides is 3. The zero-order valence-electron chi connectivity index (χ0n) is 16.8. The van der Waals surface area contributed by atoms with Gasteiger partial charge in [-0.3, -0.25) is 4.79 Å². The van der Waals surface area contributed by atoms with Crippen LogP contribution >= 0.6 is 0 Å². The van der Waals surface area contributed by atoms with Gasteiger partial charge < -0.3 is 10.2 Å². The number of aromatic nitrogens is 4. The molecule has 0 aliphatic carbocycles. The summed E-state index contributed by atoms with van der Waals surface area (Å²) in [6.07, 6.45) is 0.983. The summed E-state index contributed by atoms with van der Waals surface area (Å²) in [5, 5.41) is 7.31. The molecule has 1 amide bonds. The molecule has 0 unspecified atom stereocenters. The van der Waals surface area contributed by atoms with Gasteiger partial charge in [0.2, 0.25) is 0 Å². The first-order valence-corrected chi connectivity index (χ1v) is 9.88. The van der Waals surface area contributed by atoms with Crippen molar-refractivity contribution in [2.75, 3.05) is 18.0 Å². The highest BCUT2D eigenvalue weighted by molar-refractivity contribution is 5.95. The van der Waals surface area contributed by atoms with Gasteiger partial charge in [0.05, 0.1) is 23.0 Å². The largest absolute Gasteiger partial charge is 0.417 e. The van der Waals surface area contributed by atoms with E-state index in [0.29, 0.717) is 48.8 Å². The molecule has 7 nitrogen and oxygen atoms in total. The summed E-state index contributed by atoms with van der Waals surface area (Å²) in [7, 11) is 0. The van der Waals surface area contributed by atoms with E-state index in [-0.39, 0.29) is 11.9 Å². The van der Waals surface area contributed by atoms with Gasteiger partial charge in [-0.2, -0.15) is 18.3 Å². The van der Waals surface area contributed by atoms with E-state index >= 15 is 0 Å². The van der Waals surface area contributed by atoms with Crippen molar-refractivity contribution in [3.63, 3.8) is 0 Å². The van der Waals surface area contributed by atoms with Gasteiger partial charge in [0.1, 0.15) is 5.82 Å². The summed E-state index contributed by atoms with van der Waals surface area (Å²) < 4.78 is 39.7. The lowest BCUT2D eigenvalue weighted by Gasteiger charge is -2.33. The molecule has 10 heteroatoms. The van der Waals surface area contributed by atoms with Gasteiger partial charge >= 0.3 is 6.18 Å². The lowest BCUT2D eigenvalue weighted by molar-refractivity contribution is -0.137. The van der Waals surface area contributed by atoms with Gasteiger partial charge in [0, 0.05) is 31.5 Å². The Labute approximate surface area is 176 Å². The minimum atomic E-state index is -4.40. The summed E-state index contributed by atoms with van der Waals surface area (Å²) in [5.74, 6) is 0.937. The lowest BCUT2D eigenvalue weighted by atomic mass is 10.0. The molecule has 1 N–H and O–H groups in total. The fourth-order valence-corrected chi connectivity index (χ4v) is 3.60. The Balaban J connectivity index is 1.35. The summed E-state index contributed by atoms with van der Waals surface area (Å²) in [6, 6.07) is 7.86. The van der Waals surface area contributed by atoms with Crippen molar-refractivity contribution in [2.45, 2.75) is 32.0 Å². The van der Waals surface area contributed by atoms with E-state index in [9.17, 15) is 18.0 Å². The Morgan fingerprint density at radius 3 is 2.45 bits per heavy atom. The van der Waals surface area contributed by atoms with Crippen LogP contribution in [0.3, 0.4) is 0 Å². The zero-order chi connectivity index (χ0) is 22.0. The number of carbonyl (C=O) groups excluding carboxylic acids is 1. The number of halogens is 3. The molecule has 3 aromatic rings.